The van der Waals surface area contributed by atoms with Crippen LogP contribution in [0.5, 0.6) is 0 Å². The molecule has 0 fully saturated rings. The van der Waals surface area contributed by atoms with Crippen molar-refractivity contribution >= 4 is 34.2 Å². The summed E-state index contributed by atoms with van der Waals surface area (Å²) in [7, 11) is 0. The Morgan fingerprint density at radius 2 is 1.91 bits per heavy atom. The van der Waals surface area contributed by atoms with E-state index in [-0.39, 0.29) is 24.0 Å². The Hall–Kier alpha value is -4.04. The molecule has 0 saturated carbocycles. The van der Waals surface area contributed by atoms with Gasteiger partial charge >= 0.3 is 0 Å². The number of nitrogens with zero attached hydrogens (tertiary/aromatic N) is 5. The highest BCUT2D eigenvalue weighted by Crippen LogP contribution is 2.25. The number of H-pyrrole nitrogens is 1. The van der Waals surface area contributed by atoms with Crippen LogP contribution in [0.2, 0.25) is 5.02 Å². The SMILES string of the molecule is O=C(Cn1nnc2ccccc21)N(Cc1ccc(Cl)c(F)c1)c1ccc(-c2cnc[nH]2)cc1. The fourth-order valence-electron chi connectivity index (χ4n) is 3.63. The summed E-state index contributed by atoms with van der Waals surface area (Å²) >= 11 is 5.83. The fourth-order valence-corrected chi connectivity index (χ4v) is 3.74. The summed E-state index contributed by atoms with van der Waals surface area (Å²) in [6.07, 6.45) is 3.33. The molecule has 7 nitrogen and oxygen atoms in total. The van der Waals surface area contributed by atoms with Crippen molar-refractivity contribution in [1.82, 2.24) is 25.0 Å². The Bertz CT molecular complexity index is 1410. The van der Waals surface area contributed by atoms with Gasteiger partial charge in [-0.15, -0.1) is 5.10 Å². The molecule has 0 aliphatic heterocycles. The van der Waals surface area contributed by atoms with E-state index in [9.17, 15) is 9.18 Å². The Morgan fingerprint density at radius 3 is 2.67 bits per heavy atom. The molecule has 5 aromatic rings. The molecular formula is C24H18ClFN6O. The number of fused-ring (bicyclic) bond motifs is 1. The van der Waals surface area contributed by atoms with Gasteiger partial charge < -0.3 is 9.88 Å². The highest BCUT2D eigenvalue weighted by atomic mass is 35.5. The van der Waals surface area contributed by atoms with Crippen molar-refractivity contribution in [1.29, 1.82) is 0 Å². The molecule has 1 amide bonds. The Labute approximate surface area is 193 Å². The summed E-state index contributed by atoms with van der Waals surface area (Å²) in [6.45, 7) is 0.155. The van der Waals surface area contributed by atoms with E-state index in [0.29, 0.717) is 16.8 Å². The second-order valence-corrected chi connectivity index (χ2v) is 7.88. The largest absolute Gasteiger partial charge is 0.345 e. The number of imidazole rings is 1. The van der Waals surface area contributed by atoms with Crippen molar-refractivity contribution < 1.29 is 9.18 Å². The number of carbonyl (C=O) groups is 1. The summed E-state index contributed by atoms with van der Waals surface area (Å²) in [5.74, 6) is -0.742. The van der Waals surface area contributed by atoms with Gasteiger partial charge in [-0.3, -0.25) is 4.79 Å². The van der Waals surface area contributed by atoms with Gasteiger partial charge in [-0.05, 0) is 47.5 Å². The van der Waals surface area contributed by atoms with Gasteiger partial charge in [0.2, 0.25) is 5.91 Å². The van der Waals surface area contributed by atoms with E-state index in [1.54, 1.807) is 28.2 Å². The predicted molar refractivity (Wildman–Crippen MR) is 124 cm³/mol. The number of aromatic amines is 1. The van der Waals surface area contributed by atoms with Gasteiger partial charge in [-0.2, -0.15) is 0 Å². The third-order valence-corrected chi connectivity index (χ3v) is 5.63. The average Bonchev–Trinajstić information content (AvgIpc) is 3.51. The zero-order chi connectivity index (χ0) is 22.8. The van der Waals surface area contributed by atoms with Gasteiger partial charge in [0.1, 0.15) is 17.9 Å². The minimum Gasteiger partial charge on any atom is -0.345 e. The maximum absolute atomic E-state index is 14.1. The molecule has 0 unspecified atom stereocenters. The highest BCUT2D eigenvalue weighted by molar-refractivity contribution is 6.30. The third kappa shape index (κ3) is 4.33. The Balaban J connectivity index is 1.47. The molecule has 0 saturated heterocycles. The molecule has 33 heavy (non-hydrogen) atoms. The molecule has 0 radical (unpaired) electrons. The number of para-hydroxylation sites is 1. The molecule has 0 aliphatic carbocycles. The van der Waals surface area contributed by atoms with E-state index in [4.69, 9.17) is 11.6 Å². The Kier molecular flexibility index (Phi) is 5.58. The minimum absolute atomic E-state index is 0.0150. The van der Waals surface area contributed by atoms with Gasteiger partial charge in [0.15, 0.2) is 0 Å². The van der Waals surface area contributed by atoms with Crippen molar-refractivity contribution in [2.24, 2.45) is 0 Å². The fraction of sp³-hybridized carbons (Fsp3) is 0.0833. The van der Waals surface area contributed by atoms with E-state index >= 15 is 0 Å². The molecule has 1 N–H and O–H groups in total. The van der Waals surface area contributed by atoms with Crippen LogP contribution in [0.3, 0.4) is 0 Å². The molecule has 9 heteroatoms. The number of amides is 1. The van der Waals surface area contributed by atoms with Gasteiger partial charge in [-0.1, -0.05) is 47.1 Å². The molecule has 0 spiro atoms. The first-order chi connectivity index (χ1) is 16.1. The molecular weight excluding hydrogens is 443 g/mol. The second-order valence-electron chi connectivity index (χ2n) is 7.48. The number of carbonyl (C=O) groups excluding carboxylic acids is 1. The van der Waals surface area contributed by atoms with Crippen molar-refractivity contribution in [3.8, 4) is 11.3 Å². The summed E-state index contributed by atoms with van der Waals surface area (Å²) in [6, 6.07) is 19.5. The zero-order valence-electron chi connectivity index (χ0n) is 17.3. The van der Waals surface area contributed by atoms with Gasteiger partial charge in [0, 0.05) is 5.69 Å². The number of nitrogens with one attached hydrogen (secondary N) is 1. The van der Waals surface area contributed by atoms with E-state index in [0.717, 1.165) is 16.8 Å². The smallest absolute Gasteiger partial charge is 0.249 e. The monoisotopic (exact) mass is 460 g/mol. The van der Waals surface area contributed by atoms with Crippen LogP contribution < -0.4 is 4.90 Å². The van der Waals surface area contributed by atoms with Crippen molar-refractivity contribution in [2.45, 2.75) is 13.1 Å². The summed E-state index contributed by atoms with van der Waals surface area (Å²) in [5, 5.41) is 8.28. The van der Waals surface area contributed by atoms with Gasteiger partial charge in [0.25, 0.3) is 0 Å². The van der Waals surface area contributed by atoms with Crippen LogP contribution in [-0.4, -0.2) is 30.9 Å². The van der Waals surface area contributed by atoms with Gasteiger partial charge in [-0.25, -0.2) is 14.1 Å². The highest BCUT2D eigenvalue weighted by Gasteiger charge is 2.19. The molecule has 0 bridgehead atoms. The molecule has 0 atom stereocenters. The van der Waals surface area contributed by atoms with Crippen LogP contribution in [-0.2, 0) is 17.9 Å². The van der Waals surface area contributed by atoms with Crippen molar-refractivity contribution in [2.75, 3.05) is 4.90 Å². The molecule has 2 heterocycles. The Morgan fingerprint density at radius 1 is 1.09 bits per heavy atom. The lowest BCUT2D eigenvalue weighted by molar-refractivity contribution is -0.119. The van der Waals surface area contributed by atoms with Crippen LogP contribution in [0, 0.1) is 5.82 Å². The van der Waals surface area contributed by atoms with Crippen LogP contribution in [0.25, 0.3) is 22.3 Å². The number of hydrogen-bond acceptors (Lipinski definition) is 4. The summed E-state index contributed by atoms with van der Waals surface area (Å²) in [4.78, 5) is 22.1. The number of rotatable bonds is 6. The first kappa shape index (κ1) is 20.8. The lowest BCUT2D eigenvalue weighted by Gasteiger charge is -2.23. The topological polar surface area (TPSA) is 79.7 Å². The molecule has 2 aromatic heterocycles. The van der Waals surface area contributed by atoms with E-state index < -0.39 is 5.82 Å². The number of aromatic nitrogens is 5. The lowest BCUT2D eigenvalue weighted by atomic mass is 10.1. The quantitative estimate of drug-likeness (QED) is 0.393. The zero-order valence-corrected chi connectivity index (χ0v) is 18.1. The maximum Gasteiger partial charge on any atom is 0.249 e. The molecule has 3 aromatic carbocycles. The molecule has 0 aliphatic rings. The molecule has 5 rings (SSSR count). The minimum atomic E-state index is -0.529. The van der Waals surface area contributed by atoms with Crippen LogP contribution >= 0.6 is 11.6 Å². The van der Waals surface area contributed by atoms with E-state index in [2.05, 4.69) is 20.3 Å². The predicted octanol–water partition coefficient (Wildman–Crippen LogP) is 4.85. The second kappa shape index (κ2) is 8.84. The van der Waals surface area contributed by atoms with Crippen molar-refractivity contribution in [3.63, 3.8) is 0 Å². The normalized spacial score (nSPS) is 11.1. The van der Waals surface area contributed by atoms with Crippen LogP contribution in [0.4, 0.5) is 10.1 Å². The first-order valence-corrected chi connectivity index (χ1v) is 10.6. The van der Waals surface area contributed by atoms with E-state index in [1.807, 2.05) is 48.5 Å². The third-order valence-electron chi connectivity index (χ3n) is 5.32. The van der Waals surface area contributed by atoms with Crippen LogP contribution in [0.1, 0.15) is 5.56 Å². The molecule has 164 valence electrons. The van der Waals surface area contributed by atoms with Crippen LogP contribution in [0.15, 0.2) is 79.3 Å². The number of anilines is 1. The van der Waals surface area contributed by atoms with Gasteiger partial charge in [0.05, 0.1) is 35.3 Å². The summed E-state index contributed by atoms with van der Waals surface area (Å²) in [5.41, 5.74) is 4.56. The first-order valence-electron chi connectivity index (χ1n) is 10.2. The summed E-state index contributed by atoms with van der Waals surface area (Å²) < 4.78 is 15.6. The van der Waals surface area contributed by atoms with Crippen molar-refractivity contribution in [3.05, 3.63) is 95.7 Å². The van der Waals surface area contributed by atoms with E-state index in [1.165, 1.54) is 12.1 Å². The average molecular weight is 461 g/mol. The lowest BCUT2D eigenvalue weighted by Crippen LogP contribution is -2.33. The maximum atomic E-state index is 14.1. The number of halogens is 2. The number of hydrogen-bond donors (Lipinski definition) is 1. The standard InChI is InChI=1S/C24H18ClFN6O/c25-19-10-5-16(11-20(19)26)13-31(18-8-6-17(7-9-18)22-12-27-15-28-22)24(33)14-32-23-4-2-1-3-21(23)29-30-32/h1-12,15H,13-14H2,(H,27,28). The number of benzene rings is 3.